The van der Waals surface area contributed by atoms with Gasteiger partial charge >= 0.3 is 0 Å². The van der Waals surface area contributed by atoms with Crippen LogP contribution in [0.3, 0.4) is 0 Å². The molecule has 2 bridgehead atoms. The van der Waals surface area contributed by atoms with E-state index in [2.05, 4.69) is 16.0 Å². The van der Waals surface area contributed by atoms with Gasteiger partial charge in [-0.05, 0) is 70.1 Å². The Hall–Kier alpha value is -1.59. The highest BCUT2D eigenvalue weighted by Gasteiger charge is 2.34. The molecule has 2 fully saturated rings. The summed E-state index contributed by atoms with van der Waals surface area (Å²) < 4.78 is 0. The Morgan fingerprint density at radius 2 is 1.85 bits per heavy atom. The van der Waals surface area contributed by atoms with E-state index in [1.165, 1.54) is 12.8 Å². The first-order chi connectivity index (χ1) is 11.9. The van der Waals surface area contributed by atoms with Gasteiger partial charge in [-0.25, -0.2) is 0 Å². The van der Waals surface area contributed by atoms with Crippen LogP contribution in [-0.4, -0.2) is 29.9 Å². The number of rotatable bonds is 5. The molecule has 2 aliphatic heterocycles. The van der Waals surface area contributed by atoms with Crippen LogP contribution >= 0.6 is 12.4 Å². The number of amides is 2. The predicted molar refractivity (Wildman–Crippen MR) is 107 cm³/mol. The molecule has 2 saturated heterocycles. The van der Waals surface area contributed by atoms with Gasteiger partial charge in [0.1, 0.15) is 0 Å². The van der Waals surface area contributed by atoms with Crippen LogP contribution < -0.4 is 16.0 Å². The largest absolute Gasteiger partial charge is 0.350 e. The second-order valence-corrected chi connectivity index (χ2v) is 7.89. The summed E-state index contributed by atoms with van der Waals surface area (Å²) in [5.74, 6) is 0.414. The Bertz CT molecular complexity index is 650. The molecule has 1 aromatic rings. The number of halogens is 1. The van der Waals surface area contributed by atoms with Gasteiger partial charge in [0.05, 0.1) is 0 Å². The second kappa shape index (κ2) is 8.87. The number of benzene rings is 1. The Kier molecular flexibility index (Phi) is 7.07. The standard InChI is InChI=1S/C20H29N3O2.ClH/c1-12(2)21-20(25)18-11-17(5-4-13(18)3)23-19(24)10-14-8-15-6-7-16(9-14)22-15;/h4-5,11-12,14-16,22H,6-10H2,1-3H3,(H,21,25)(H,23,24);1H. The summed E-state index contributed by atoms with van der Waals surface area (Å²) in [7, 11) is 0. The molecule has 0 saturated carbocycles. The maximum Gasteiger partial charge on any atom is 0.251 e. The van der Waals surface area contributed by atoms with Crippen molar-refractivity contribution >= 4 is 29.9 Å². The van der Waals surface area contributed by atoms with Crippen molar-refractivity contribution in [3.63, 3.8) is 0 Å². The Labute approximate surface area is 162 Å². The zero-order valence-electron chi connectivity index (χ0n) is 15.8. The molecule has 3 N–H and O–H groups in total. The molecular formula is C20H30ClN3O2. The van der Waals surface area contributed by atoms with Crippen LogP contribution in [0.15, 0.2) is 18.2 Å². The van der Waals surface area contributed by atoms with Crippen molar-refractivity contribution in [2.24, 2.45) is 5.92 Å². The number of anilines is 1. The van der Waals surface area contributed by atoms with Crippen LogP contribution in [-0.2, 0) is 4.79 Å². The first-order valence-electron chi connectivity index (χ1n) is 9.38. The third kappa shape index (κ3) is 5.21. The molecule has 5 nitrogen and oxygen atoms in total. The fourth-order valence-corrected chi connectivity index (χ4v) is 4.10. The summed E-state index contributed by atoms with van der Waals surface area (Å²) in [5, 5.41) is 9.49. The molecule has 0 aromatic heterocycles. The summed E-state index contributed by atoms with van der Waals surface area (Å²) in [4.78, 5) is 24.7. The van der Waals surface area contributed by atoms with E-state index in [0.717, 1.165) is 18.4 Å². The zero-order chi connectivity index (χ0) is 18.0. The van der Waals surface area contributed by atoms with Gasteiger partial charge in [0, 0.05) is 35.8 Å². The van der Waals surface area contributed by atoms with Gasteiger partial charge in [0.25, 0.3) is 5.91 Å². The van der Waals surface area contributed by atoms with E-state index in [1.54, 1.807) is 6.07 Å². The fourth-order valence-electron chi connectivity index (χ4n) is 4.10. The van der Waals surface area contributed by atoms with E-state index in [0.29, 0.717) is 35.7 Å². The SMILES string of the molecule is Cc1ccc(NC(=O)CC2CC3CCC(C2)N3)cc1C(=O)NC(C)C.Cl. The van der Waals surface area contributed by atoms with E-state index in [-0.39, 0.29) is 30.3 Å². The molecule has 26 heavy (non-hydrogen) atoms. The van der Waals surface area contributed by atoms with E-state index < -0.39 is 0 Å². The maximum atomic E-state index is 12.4. The number of hydrogen-bond acceptors (Lipinski definition) is 3. The number of aryl methyl sites for hydroxylation is 1. The fraction of sp³-hybridized carbons (Fsp3) is 0.600. The minimum absolute atomic E-state index is 0. The molecule has 2 amide bonds. The molecule has 1 aromatic carbocycles. The van der Waals surface area contributed by atoms with Crippen molar-refractivity contribution < 1.29 is 9.59 Å². The molecule has 0 radical (unpaired) electrons. The summed E-state index contributed by atoms with van der Waals surface area (Å²) in [6.45, 7) is 5.78. The molecule has 0 aliphatic carbocycles. The van der Waals surface area contributed by atoms with Gasteiger partial charge in [-0.2, -0.15) is 0 Å². The molecule has 0 spiro atoms. The van der Waals surface area contributed by atoms with Crippen LogP contribution in [0, 0.1) is 12.8 Å². The van der Waals surface area contributed by atoms with Gasteiger partial charge in [0.15, 0.2) is 0 Å². The third-order valence-electron chi connectivity index (χ3n) is 5.23. The first-order valence-corrected chi connectivity index (χ1v) is 9.38. The lowest BCUT2D eigenvalue weighted by atomic mass is 9.89. The van der Waals surface area contributed by atoms with Crippen LogP contribution in [0.2, 0.25) is 0 Å². The number of carbonyl (C=O) groups excluding carboxylic acids is 2. The number of nitrogens with one attached hydrogen (secondary N) is 3. The lowest BCUT2D eigenvalue weighted by Gasteiger charge is -2.28. The highest BCUT2D eigenvalue weighted by atomic mass is 35.5. The zero-order valence-corrected chi connectivity index (χ0v) is 16.6. The van der Waals surface area contributed by atoms with Gasteiger partial charge in [-0.15, -0.1) is 12.4 Å². The van der Waals surface area contributed by atoms with Crippen molar-refractivity contribution in [2.75, 3.05) is 5.32 Å². The Morgan fingerprint density at radius 3 is 2.46 bits per heavy atom. The number of carbonyl (C=O) groups is 2. The van der Waals surface area contributed by atoms with Crippen molar-refractivity contribution in [1.82, 2.24) is 10.6 Å². The first kappa shape index (κ1) is 20.7. The lowest BCUT2D eigenvalue weighted by Crippen LogP contribution is -2.39. The summed E-state index contributed by atoms with van der Waals surface area (Å²) >= 11 is 0. The maximum absolute atomic E-state index is 12.4. The second-order valence-electron chi connectivity index (χ2n) is 7.89. The Morgan fingerprint density at radius 1 is 1.19 bits per heavy atom. The lowest BCUT2D eigenvalue weighted by molar-refractivity contribution is -0.117. The van der Waals surface area contributed by atoms with Gasteiger partial charge in [-0.1, -0.05) is 6.07 Å². The number of fused-ring (bicyclic) bond motifs is 2. The van der Waals surface area contributed by atoms with E-state index in [4.69, 9.17) is 0 Å². The quantitative estimate of drug-likeness (QED) is 0.734. The van der Waals surface area contributed by atoms with Crippen molar-refractivity contribution in [3.05, 3.63) is 29.3 Å². The summed E-state index contributed by atoms with van der Waals surface area (Å²) in [6, 6.07) is 6.81. The number of hydrogen-bond donors (Lipinski definition) is 3. The van der Waals surface area contributed by atoms with E-state index in [1.807, 2.05) is 32.9 Å². The molecule has 2 aliphatic rings. The summed E-state index contributed by atoms with van der Waals surface area (Å²) in [5.41, 5.74) is 2.22. The molecule has 2 heterocycles. The third-order valence-corrected chi connectivity index (χ3v) is 5.23. The normalized spacial score (nSPS) is 24.1. The van der Waals surface area contributed by atoms with Crippen LogP contribution in [0.25, 0.3) is 0 Å². The number of piperidine rings is 1. The van der Waals surface area contributed by atoms with Gasteiger partial charge < -0.3 is 16.0 Å². The van der Waals surface area contributed by atoms with Crippen LogP contribution in [0.1, 0.15) is 61.9 Å². The predicted octanol–water partition coefficient (Wildman–Crippen LogP) is 3.41. The smallest absolute Gasteiger partial charge is 0.251 e. The van der Waals surface area contributed by atoms with Crippen LogP contribution in [0.4, 0.5) is 5.69 Å². The minimum Gasteiger partial charge on any atom is -0.350 e. The van der Waals surface area contributed by atoms with E-state index in [9.17, 15) is 9.59 Å². The minimum atomic E-state index is -0.0986. The molecule has 2 atom stereocenters. The van der Waals surface area contributed by atoms with Gasteiger partial charge in [0.2, 0.25) is 5.91 Å². The highest BCUT2D eigenvalue weighted by Crippen LogP contribution is 2.32. The van der Waals surface area contributed by atoms with E-state index >= 15 is 0 Å². The van der Waals surface area contributed by atoms with Crippen molar-refractivity contribution in [2.45, 2.75) is 71.0 Å². The Balaban J connectivity index is 0.00000243. The highest BCUT2D eigenvalue weighted by molar-refractivity contribution is 5.98. The monoisotopic (exact) mass is 379 g/mol. The molecule has 144 valence electrons. The molecule has 6 heteroatoms. The average molecular weight is 380 g/mol. The summed E-state index contributed by atoms with van der Waals surface area (Å²) in [6.07, 6.45) is 5.25. The molecule has 2 unspecified atom stereocenters. The van der Waals surface area contributed by atoms with Crippen molar-refractivity contribution in [3.8, 4) is 0 Å². The average Bonchev–Trinajstić information content (AvgIpc) is 2.87. The van der Waals surface area contributed by atoms with Crippen LogP contribution in [0.5, 0.6) is 0 Å². The molecule has 3 rings (SSSR count). The topological polar surface area (TPSA) is 70.2 Å². The van der Waals surface area contributed by atoms with Crippen molar-refractivity contribution in [1.29, 1.82) is 0 Å². The van der Waals surface area contributed by atoms with Gasteiger partial charge in [-0.3, -0.25) is 9.59 Å². The molecular weight excluding hydrogens is 350 g/mol.